The summed E-state index contributed by atoms with van der Waals surface area (Å²) in [7, 11) is 0. The highest BCUT2D eigenvalue weighted by Gasteiger charge is 2.06. The van der Waals surface area contributed by atoms with Crippen LogP contribution in [0.5, 0.6) is 0 Å². The number of rotatable bonds is 4. The Labute approximate surface area is 128 Å². The first-order valence-corrected chi connectivity index (χ1v) is 7.66. The van der Waals surface area contributed by atoms with Crippen LogP contribution in [0.4, 0.5) is 10.5 Å². The number of nitrogens with one attached hydrogen (secondary N) is 2. The number of carbonyl (C=O) groups is 1. The molecular weight excluding hydrogens is 284 g/mol. The highest BCUT2D eigenvalue weighted by molar-refractivity contribution is 7.12. The van der Waals surface area contributed by atoms with Crippen LogP contribution in [0.2, 0.25) is 0 Å². The van der Waals surface area contributed by atoms with Crippen molar-refractivity contribution in [3.8, 4) is 0 Å². The van der Waals surface area contributed by atoms with E-state index in [2.05, 4.69) is 30.5 Å². The van der Waals surface area contributed by atoms with Gasteiger partial charge in [-0.2, -0.15) is 0 Å². The maximum atomic E-state index is 11.8. The molecule has 0 radical (unpaired) electrons. The zero-order chi connectivity index (χ0) is 15.4. The van der Waals surface area contributed by atoms with E-state index in [4.69, 9.17) is 0 Å². The van der Waals surface area contributed by atoms with Crippen molar-refractivity contribution < 1.29 is 9.90 Å². The van der Waals surface area contributed by atoms with Crippen molar-refractivity contribution in [3.05, 3.63) is 51.2 Å². The lowest BCUT2D eigenvalue weighted by molar-refractivity contribution is 0.199. The molecule has 0 saturated carbocycles. The van der Waals surface area contributed by atoms with E-state index < -0.39 is 6.10 Å². The molecule has 21 heavy (non-hydrogen) atoms. The van der Waals surface area contributed by atoms with E-state index in [0.717, 1.165) is 10.4 Å². The number of amides is 2. The Bertz CT molecular complexity index is 598. The fraction of sp³-hybridized carbons (Fsp3) is 0.312. The van der Waals surface area contributed by atoms with Gasteiger partial charge in [0.05, 0.1) is 12.6 Å². The number of thiophene rings is 1. The van der Waals surface area contributed by atoms with Crippen LogP contribution in [0, 0.1) is 13.8 Å². The van der Waals surface area contributed by atoms with Gasteiger partial charge in [0, 0.05) is 15.4 Å². The number of anilines is 1. The smallest absolute Gasteiger partial charge is 0.319 e. The standard InChI is InChI=1S/C16H20N2O2S/c1-10-8-15(21-12(10)3)9-17-16(20)18-14-6-4-13(5-7-14)11(2)19/h4-8,11,19H,9H2,1-3H3,(H2,17,18,20). The van der Waals surface area contributed by atoms with Crippen molar-refractivity contribution >= 4 is 23.1 Å². The predicted octanol–water partition coefficient (Wildman–Crippen LogP) is 3.74. The lowest BCUT2D eigenvalue weighted by Gasteiger charge is -2.08. The maximum absolute atomic E-state index is 11.8. The average molecular weight is 304 g/mol. The van der Waals surface area contributed by atoms with Crippen LogP contribution in [0.25, 0.3) is 0 Å². The molecule has 0 aliphatic rings. The molecule has 112 valence electrons. The lowest BCUT2D eigenvalue weighted by atomic mass is 10.1. The Morgan fingerprint density at radius 2 is 1.95 bits per heavy atom. The van der Waals surface area contributed by atoms with Crippen LogP contribution in [0.3, 0.4) is 0 Å². The first-order chi connectivity index (χ1) is 9.95. The highest BCUT2D eigenvalue weighted by atomic mass is 32.1. The number of urea groups is 1. The van der Waals surface area contributed by atoms with Crippen LogP contribution in [0.15, 0.2) is 30.3 Å². The molecule has 0 spiro atoms. The predicted molar refractivity (Wildman–Crippen MR) is 86.7 cm³/mol. The fourth-order valence-electron chi connectivity index (χ4n) is 1.92. The minimum absolute atomic E-state index is 0.233. The van der Waals surface area contributed by atoms with Crippen molar-refractivity contribution in [2.24, 2.45) is 0 Å². The van der Waals surface area contributed by atoms with E-state index in [0.29, 0.717) is 12.2 Å². The molecule has 2 amide bonds. The Kier molecular flexibility index (Phi) is 4.98. The van der Waals surface area contributed by atoms with Crippen molar-refractivity contribution in [3.63, 3.8) is 0 Å². The van der Waals surface area contributed by atoms with Gasteiger partial charge in [-0.3, -0.25) is 0 Å². The molecule has 1 atom stereocenters. The summed E-state index contributed by atoms with van der Waals surface area (Å²) >= 11 is 1.70. The number of benzene rings is 1. The second-order valence-electron chi connectivity index (χ2n) is 5.06. The Morgan fingerprint density at radius 1 is 1.29 bits per heavy atom. The van der Waals surface area contributed by atoms with Gasteiger partial charge in [0.1, 0.15) is 0 Å². The highest BCUT2D eigenvalue weighted by Crippen LogP contribution is 2.20. The van der Waals surface area contributed by atoms with E-state index in [1.54, 1.807) is 42.5 Å². The van der Waals surface area contributed by atoms with Crippen LogP contribution in [-0.2, 0) is 6.54 Å². The minimum Gasteiger partial charge on any atom is -0.389 e. The number of carbonyl (C=O) groups excluding carboxylic acids is 1. The van der Waals surface area contributed by atoms with Crippen molar-refractivity contribution in [1.29, 1.82) is 0 Å². The largest absolute Gasteiger partial charge is 0.389 e. The van der Waals surface area contributed by atoms with Gasteiger partial charge < -0.3 is 15.7 Å². The summed E-state index contributed by atoms with van der Waals surface area (Å²) < 4.78 is 0. The molecule has 5 heteroatoms. The van der Waals surface area contributed by atoms with E-state index in [1.807, 2.05) is 0 Å². The van der Waals surface area contributed by atoms with Gasteiger partial charge in [0.15, 0.2) is 0 Å². The summed E-state index contributed by atoms with van der Waals surface area (Å²) in [5.74, 6) is 0. The molecule has 1 aromatic carbocycles. The lowest BCUT2D eigenvalue weighted by Crippen LogP contribution is -2.27. The van der Waals surface area contributed by atoms with Crippen LogP contribution in [0.1, 0.15) is 33.9 Å². The molecule has 1 aromatic heterocycles. The molecule has 0 aliphatic heterocycles. The molecule has 0 fully saturated rings. The third-order valence-electron chi connectivity index (χ3n) is 3.29. The van der Waals surface area contributed by atoms with Gasteiger partial charge in [-0.05, 0) is 50.1 Å². The Morgan fingerprint density at radius 3 is 2.48 bits per heavy atom. The molecule has 1 unspecified atom stereocenters. The summed E-state index contributed by atoms with van der Waals surface area (Å²) in [6, 6.07) is 9.02. The maximum Gasteiger partial charge on any atom is 0.319 e. The normalized spacial score (nSPS) is 12.0. The second-order valence-corrected chi connectivity index (χ2v) is 6.40. The Balaban J connectivity index is 1.86. The first kappa shape index (κ1) is 15.5. The number of aryl methyl sites for hydroxylation is 2. The molecule has 2 aromatic rings. The van der Waals surface area contributed by atoms with Gasteiger partial charge in [-0.25, -0.2) is 4.79 Å². The monoisotopic (exact) mass is 304 g/mol. The molecule has 2 rings (SSSR count). The van der Waals surface area contributed by atoms with Gasteiger partial charge in [-0.15, -0.1) is 11.3 Å². The van der Waals surface area contributed by atoms with Crippen LogP contribution in [-0.4, -0.2) is 11.1 Å². The quantitative estimate of drug-likeness (QED) is 0.806. The molecule has 0 saturated heterocycles. The van der Waals surface area contributed by atoms with Gasteiger partial charge in [0.2, 0.25) is 0 Å². The molecule has 1 heterocycles. The van der Waals surface area contributed by atoms with E-state index in [9.17, 15) is 9.90 Å². The molecule has 3 N–H and O–H groups in total. The van der Waals surface area contributed by atoms with Crippen LogP contribution < -0.4 is 10.6 Å². The summed E-state index contributed by atoms with van der Waals surface area (Å²) in [6.45, 7) is 6.38. The van der Waals surface area contributed by atoms with E-state index in [-0.39, 0.29) is 6.03 Å². The average Bonchev–Trinajstić information content (AvgIpc) is 2.76. The molecule has 0 aliphatic carbocycles. The van der Waals surface area contributed by atoms with E-state index in [1.165, 1.54) is 10.4 Å². The van der Waals surface area contributed by atoms with Crippen molar-refractivity contribution in [2.45, 2.75) is 33.4 Å². The number of aliphatic hydroxyl groups excluding tert-OH is 1. The number of aliphatic hydroxyl groups is 1. The van der Waals surface area contributed by atoms with Crippen molar-refractivity contribution in [2.75, 3.05) is 5.32 Å². The number of hydrogen-bond acceptors (Lipinski definition) is 3. The molecule has 4 nitrogen and oxygen atoms in total. The van der Waals surface area contributed by atoms with Gasteiger partial charge in [0.25, 0.3) is 0 Å². The van der Waals surface area contributed by atoms with Crippen LogP contribution >= 0.6 is 11.3 Å². The first-order valence-electron chi connectivity index (χ1n) is 6.84. The zero-order valence-corrected chi connectivity index (χ0v) is 13.3. The number of hydrogen-bond donors (Lipinski definition) is 3. The third kappa shape index (κ3) is 4.31. The second kappa shape index (κ2) is 6.74. The summed E-state index contributed by atoms with van der Waals surface area (Å²) in [5, 5.41) is 15.0. The SMILES string of the molecule is Cc1cc(CNC(=O)Nc2ccc(C(C)O)cc2)sc1C. The minimum atomic E-state index is -0.502. The van der Waals surface area contributed by atoms with Gasteiger partial charge in [-0.1, -0.05) is 12.1 Å². The van der Waals surface area contributed by atoms with Gasteiger partial charge >= 0.3 is 6.03 Å². The molecule has 0 bridgehead atoms. The third-order valence-corrected chi connectivity index (χ3v) is 4.44. The summed E-state index contributed by atoms with van der Waals surface area (Å²) in [5.41, 5.74) is 2.78. The summed E-state index contributed by atoms with van der Waals surface area (Å²) in [6.07, 6.45) is -0.502. The van der Waals surface area contributed by atoms with Crippen molar-refractivity contribution in [1.82, 2.24) is 5.32 Å². The zero-order valence-electron chi connectivity index (χ0n) is 12.4. The van der Waals surface area contributed by atoms with E-state index >= 15 is 0 Å². The topological polar surface area (TPSA) is 61.4 Å². The molecular formula is C16H20N2O2S. The fourth-order valence-corrected chi connectivity index (χ4v) is 2.92. The Hall–Kier alpha value is -1.85. The summed E-state index contributed by atoms with van der Waals surface area (Å²) in [4.78, 5) is 14.3.